The fraction of sp³-hybridized carbons (Fsp3) is 0.467. The Balaban J connectivity index is 2.09. The van der Waals surface area contributed by atoms with Crippen LogP contribution in [-0.4, -0.2) is 27.0 Å². The number of pyridine rings is 1. The van der Waals surface area contributed by atoms with Gasteiger partial charge in [0.2, 0.25) is 11.8 Å². The number of nitrogens with zero attached hydrogens (tertiary/aromatic N) is 2. The molecule has 110 valence electrons. The molecule has 0 aromatic carbocycles. The lowest BCUT2D eigenvalue weighted by Crippen LogP contribution is -2.39. The number of hydrogen-bond acceptors (Lipinski definition) is 4. The number of aromatic nitrogens is 3. The first kappa shape index (κ1) is 13.7. The molecule has 0 radical (unpaired) electrons. The molecule has 1 atom stereocenters. The molecular weight excluding hydrogens is 268 g/mol. The van der Waals surface area contributed by atoms with Gasteiger partial charge in [-0.15, -0.1) is 0 Å². The van der Waals surface area contributed by atoms with Gasteiger partial charge in [0, 0.05) is 29.8 Å². The lowest BCUT2D eigenvalue weighted by Gasteiger charge is -2.20. The minimum absolute atomic E-state index is 0.0796. The van der Waals surface area contributed by atoms with E-state index in [4.69, 9.17) is 0 Å². The number of carbonyl (C=O) groups is 2. The summed E-state index contributed by atoms with van der Waals surface area (Å²) < 4.78 is 0. The van der Waals surface area contributed by atoms with Crippen molar-refractivity contribution in [2.45, 2.75) is 44.9 Å². The Bertz CT molecular complexity index is 727. The van der Waals surface area contributed by atoms with Crippen molar-refractivity contribution >= 4 is 22.7 Å². The van der Waals surface area contributed by atoms with E-state index in [0.717, 1.165) is 22.2 Å². The zero-order valence-corrected chi connectivity index (χ0v) is 12.4. The Kier molecular flexibility index (Phi) is 3.04. The first-order valence-corrected chi connectivity index (χ1v) is 7.04. The molecule has 2 aromatic rings. The summed E-state index contributed by atoms with van der Waals surface area (Å²) in [5.41, 5.74) is 2.55. The van der Waals surface area contributed by atoms with Crippen molar-refractivity contribution in [1.82, 2.24) is 20.5 Å². The van der Waals surface area contributed by atoms with Crippen LogP contribution in [0.5, 0.6) is 0 Å². The van der Waals surface area contributed by atoms with Crippen molar-refractivity contribution in [1.29, 1.82) is 0 Å². The maximum absolute atomic E-state index is 12.0. The van der Waals surface area contributed by atoms with Gasteiger partial charge < -0.3 is 0 Å². The van der Waals surface area contributed by atoms with E-state index in [1.165, 1.54) is 0 Å². The molecule has 0 saturated carbocycles. The third kappa shape index (κ3) is 2.30. The van der Waals surface area contributed by atoms with Crippen LogP contribution in [0.2, 0.25) is 0 Å². The van der Waals surface area contributed by atoms with E-state index >= 15 is 0 Å². The first-order valence-electron chi connectivity index (χ1n) is 7.04. The average molecular weight is 286 g/mol. The molecule has 1 unspecified atom stereocenters. The van der Waals surface area contributed by atoms with Crippen molar-refractivity contribution < 1.29 is 9.59 Å². The zero-order valence-electron chi connectivity index (χ0n) is 12.4. The second-order valence-corrected chi connectivity index (χ2v) is 6.47. The van der Waals surface area contributed by atoms with E-state index in [2.05, 4.69) is 41.3 Å². The van der Waals surface area contributed by atoms with Gasteiger partial charge in [0.05, 0.1) is 17.1 Å². The summed E-state index contributed by atoms with van der Waals surface area (Å²) in [4.78, 5) is 27.6. The van der Waals surface area contributed by atoms with Gasteiger partial charge in [-0.25, -0.2) is 0 Å². The number of carbonyl (C=O) groups excluding carboxylic acids is 2. The van der Waals surface area contributed by atoms with E-state index in [1.807, 2.05) is 6.20 Å². The average Bonchev–Trinajstić information content (AvgIpc) is 2.81. The third-order valence-electron chi connectivity index (χ3n) is 3.89. The number of hydrogen-bond donors (Lipinski definition) is 2. The first-order chi connectivity index (χ1) is 9.88. The highest BCUT2D eigenvalue weighted by molar-refractivity contribution is 6.02. The van der Waals surface area contributed by atoms with Gasteiger partial charge in [-0.3, -0.25) is 25.0 Å². The number of piperidine rings is 1. The van der Waals surface area contributed by atoms with Crippen molar-refractivity contribution in [3.8, 4) is 0 Å². The summed E-state index contributed by atoms with van der Waals surface area (Å²) in [5.74, 6) is -0.851. The molecule has 3 rings (SSSR count). The van der Waals surface area contributed by atoms with Gasteiger partial charge >= 0.3 is 0 Å². The Morgan fingerprint density at radius 3 is 2.67 bits per heavy atom. The quantitative estimate of drug-likeness (QED) is 0.782. The Hall–Kier alpha value is -2.24. The highest BCUT2D eigenvalue weighted by Crippen LogP contribution is 2.33. The SMILES string of the molecule is CC(C)(C)c1cncc2c(C3CCC(=O)NC3=O)[nH]nc12. The monoisotopic (exact) mass is 286 g/mol. The number of H-pyrrole nitrogens is 1. The topological polar surface area (TPSA) is 87.7 Å². The van der Waals surface area contributed by atoms with E-state index in [9.17, 15) is 9.59 Å². The Morgan fingerprint density at radius 2 is 2.00 bits per heavy atom. The fourth-order valence-electron chi connectivity index (χ4n) is 2.73. The normalized spacial score (nSPS) is 19.9. The van der Waals surface area contributed by atoms with Crippen LogP contribution >= 0.6 is 0 Å². The summed E-state index contributed by atoms with van der Waals surface area (Å²) in [7, 11) is 0. The summed E-state index contributed by atoms with van der Waals surface area (Å²) in [6.07, 6.45) is 4.40. The van der Waals surface area contributed by atoms with Crippen LogP contribution in [0.1, 0.15) is 50.8 Å². The molecule has 1 aliphatic rings. The standard InChI is InChI=1S/C15H18N4O2/c1-15(2,3)10-7-16-6-9-12(18-19-13(9)10)8-4-5-11(20)17-14(8)21/h6-8H,4-5H2,1-3H3,(H,18,19)(H,17,20,21). The second kappa shape index (κ2) is 4.65. The smallest absolute Gasteiger partial charge is 0.235 e. The number of aromatic amines is 1. The summed E-state index contributed by atoms with van der Waals surface area (Å²) in [6, 6.07) is 0. The highest BCUT2D eigenvalue weighted by Gasteiger charge is 2.31. The number of nitrogens with one attached hydrogen (secondary N) is 2. The van der Waals surface area contributed by atoms with Crippen molar-refractivity contribution in [2.75, 3.05) is 0 Å². The molecular formula is C15H18N4O2. The fourth-order valence-corrected chi connectivity index (χ4v) is 2.73. The van der Waals surface area contributed by atoms with Gasteiger partial charge in [0.25, 0.3) is 0 Å². The Morgan fingerprint density at radius 1 is 1.24 bits per heavy atom. The van der Waals surface area contributed by atoms with Crippen LogP contribution in [0.15, 0.2) is 12.4 Å². The molecule has 6 heteroatoms. The van der Waals surface area contributed by atoms with Gasteiger partial charge in [0.1, 0.15) is 0 Å². The van der Waals surface area contributed by atoms with E-state index in [0.29, 0.717) is 12.8 Å². The zero-order chi connectivity index (χ0) is 15.2. The number of imide groups is 1. The van der Waals surface area contributed by atoms with Crippen LogP contribution in [0.4, 0.5) is 0 Å². The largest absolute Gasteiger partial charge is 0.296 e. The van der Waals surface area contributed by atoms with Gasteiger partial charge in [-0.2, -0.15) is 5.10 Å². The van der Waals surface area contributed by atoms with Gasteiger partial charge in [-0.1, -0.05) is 20.8 Å². The lowest BCUT2D eigenvalue weighted by molar-refractivity contribution is -0.134. The molecule has 3 heterocycles. The predicted octanol–water partition coefficient (Wildman–Crippen LogP) is 1.78. The molecule has 6 nitrogen and oxygen atoms in total. The van der Waals surface area contributed by atoms with Crippen LogP contribution in [-0.2, 0) is 15.0 Å². The molecule has 0 aliphatic carbocycles. The summed E-state index contributed by atoms with van der Waals surface area (Å²) in [5, 5.41) is 10.6. The molecule has 2 aromatic heterocycles. The summed E-state index contributed by atoms with van der Waals surface area (Å²) >= 11 is 0. The molecule has 1 saturated heterocycles. The van der Waals surface area contributed by atoms with Crippen molar-refractivity contribution in [2.24, 2.45) is 0 Å². The summed E-state index contributed by atoms with van der Waals surface area (Å²) in [6.45, 7) is 6.30. The van der Waals surface area contributed by atoms with Crippen LogP contribution < -0.4 is 5.32 Å². The molecule has 0 bridgehead atoms. The minimum Gasteiger partial charge on any atom is -0.296 e. The molecule has 21 heavy (non-hydrogen) atoms. The van der Waals surface area contributed by atoms with Crippen molar-refractivity contribution in [3.63, 3.8) is 0 Å². The van der Waals surface area contributed by atoms with Gasteiger partial charge in [-0.05, 0) is 11.8 Å². The lowest BCUT2D eigenvalue weighted by atomic mass is 9.86. The maximum atomic E-state index is 12.0. The molecule has 2 N–H and O–H groups in total. The Labute approximate surface area is 122 Å². The highest BCUT2D eigenvalue weighted by atomic mass is 16.2. The third-order valence-corrected chi connectivity index (χ3v) is 3.89. The molecule has 2 amide bonds. The second-order valence-electron chi connectivity index (χ2n) is 6.47. The number of rotatable bonds is 1. The number of fused-ring (bicyclic) bond motifs is 1. The minimum atomic E-state index is -0.371. The van der Waals surface area contributed by atoms with E-state index < -0.39 is 0 Å². The van der Waals surface area contributed by atoms with Gasteiger partial charge in [0.15, 0.2) is 0 Å². The van der Waals surface area contributed by atoms with Crippen LogP contribution in [0.3, 0.4) is 0 Å². The van der Waals surface area contributed by atoms with Crippen LogP contribution in [0.25, 0.3) is 10.9 Å². The van der Waals surface area contributed by atoms with E-state index in [1.54, 1.807) is 6.20 Å². The van der Waals surface area contributed by atoms with Crippen molar-refractivity contribution in [3.05, 3.63) is 23.7 Å². The maximum Gasteiger partial charge on any atom is 0.235 e. The van der Waals surface area contributed by atoms with E-state index in [-0.39, 0.29) is 23.1 Å². The molecule has 0 spiro atoms. The molecule has 1 aliphatic heterocycles. The van der Waals surface area contributed by atoms with Crippen LogP contribution in [0, 0.1) is 0 Å². The molecule has 1 fully saturated rings. The predicted molar refractivity (Wildman–Crippen MR) is 77.7 cm³/mol. The number of amides is 2.